The fourth-order valence-corrected chi connectivity index (χ4v) is 3.26. The van der Waals surface area contributed by atoms with Crippen molar-refractivity contribution in [1.82, 2.24) is 15.0 Å². The number of pyridine rings is 1. The fraction of sp³-hybridized carbons (Fsp3) is 0.167. The molecule has 1 aromatic carbocycles. The number of nitrogens with one attached hydrogen (secondary N) is 2. The molecule has 1 aliphatic rings. The predicted octanol–water partition coefficient (Wildman–Crippen LogP) is 1.75. The molecule has 7 heteroatoms. The molecule has 0 unspecified atom stereocenters. The topological polar surface area (TPSA) is 99.5 Å². The van der Waals surface area contributed by atoms with Crippen molar-refractivity contribution in [2.24, 2.45) is 5.10 Å². The maximum atomic E-state index is 12.7. The average molecular weight is 336 g/mol. The van der Waals surface area contributed by atoms with Crippen LogP contribution in [0.1, 0.15) is 28.0 Å². The Kier molecular flexibility index (Phi) is 3.61. The van der Waals surface area contributed by atoms with Crippen LogP contribution in [0.3, 0.4) is 0 Å². The van der Waals surface area contributed by atoms with Gasteiger partial charge >= 0.3 is 0 Å². The van der Waals surface area contributed by atoms with Gasteiger partial charge in [0.1, 0.15) is 11.3 Å². The number of aromatic hydroxyl groups is 1. The zero-order valence-corrected chi connectivity index (χ0v) is 13.3. The van der Waals surface area contributed by atoms with E-state index in [0.29, 0.717) is 23.1 Å². The second-order valence-electron chi connectivity index (χ2n) is 5.92. The number of nitrogens with zero attached hydrogens (tertiary/aromatic N) is 2. The summed E-state index contributed by atoms with van der Waals surface area (Å²) in [5.74, 6) is -1.03. The first-order chi connectivity index (χ1) is 12.2. The largest absolute Gasteiger partial charge is 0.506 e. The van der Waals surface area contributed by atoms with Crippen molar-refractivity contribution in [3.63, 3.8) is 0 Å². The highest BCUT2D eigenvalue weighted by Gasteiger charge is 2.24. The molecule has 0 bridgehead atoms. The summed E-state index contributed by atoms with van der Waals surface area (Å²) in [6.07, 6.45) is 4.83. The van der Waals surface area contributed by atoms with Crippen LogP contribution in [-0.4, -0.2) is 26.8 Å². The highest BCUT2D eigenvalue weighted by molar-refractivity contribution is 6.03. The maximum absolute atomic E-state index is 12.7. The summed E-state index contributed by atoms with van der Waals surface area (Å²) in [4.78, 5) is 28.1. The SMILES string of the molecule is O=C(N/N=C/c1ccc[nH]1)c1c(O)c2cccc3c2n(c1=O)CCC3. The second-order valence-corrected chi connectivity index (χ2v) is 5.92. The summed E-state index contributed by atoms with van der Waals surface area (Å²) in [5, 5.41) is 14.9. The third kappa shape index (κ3) is 2.50. The summed E-state index contributed by atoms with van der Waals surface area (Å²) in [7, 11) is 0. The minimum Gasteiger partial charge on any atom is -0.506 e. The first-order valence-corrected chi connectivity index (χ1v) is 8.01. The summed E-state index contributed by atoms with van der Waals surface area (Å²) < 4.78 is 1.57. The molecule has 4 rings (SSSR count). The number of carbonyl (C=O) groups excluding carboxylic acids is 1. The minimum absolute atomic E-state index is 0.282. The molecule has 1 amide bonds. The van der Waals surface area contributed by atoms with Gasteiger partial charge in [-0.1, -0.05) is 12.1 Å². The van der Waals surface area contributed by atoms with Gasteiger partial charge in [-0.3, -0.25) is 9.59 Å². The van der Waals surface area contributed by atoms with Crippen molar-refractivity contribution >= 4 is 23.0 Å². The minimum atomic E-state index is -0.730. The number of hydrogen-bond donors (Lipinski definition) is 3. The van der Waals surface area contributed by atoms with Gasteiger partial charge in [0.15, 0.2) is 0 Å². The number of benzene rings is 1. The van der Waals surface area contributed by atoms with E-state index in [9.17, 15) is 14.7 Å². The van der Waals surface area contributed by atoms with E-state index in [1.807, 2.05) is 12.1 Å². The number of aromatic nitrogens is 2. The van der Waals surface area contributed by atoms with Crippen LogP contribution in [0.25, 0.3) is 10.9 Å². The molecular formula is C18H16N4O3. The summed E-state index contributed by atoms with van der Waals surface area (Å²) in [6, 6.07) is 9.06. The van der Waals surface area contributed by atoms with E-state index < -0.39 is 11.5 Å². The van der Waals surface area contributed by atoms with Crippen molar-refractivity contribution in [1.29, 1.82) is 0 Å². The molecule has 0 fully saturated rings. The lowest BCUT2D eigenvalue weighted by molar-refractivity contribution is 0.0950. The molecule has 7 nitrogen and oxygen atoms in total. The lowest BCUT2D eigenvalue weighted by Gasteiger charge is -2.21. The van der Waals surface area contributed by atoms with Crippen molar-refractivity contribution in [2.75, 3.05) is 0 Å². The molecule has 0 radical (unpaired) electrons. The number of aromatic amines is 1. The van der Waals surface area contributed by atoms with E-state index in [4.69, 9.17) is 0 Å². The first-order valence-electron chi connectivity index (χ1n) is 8.01. The van der Waals surface area contributed by atoms with Crippen LogP contribution in [0.4, 0.5) is 0 Å². The van der Waals surface area contributed by atoms with E-state index in [2.05, 4.69) is 15.5 Å². The Balaban J connectivity index is 1.77. The van der Waals surface area contributed by atoms with Crippen LogP contribution in [0, 0.1) is 0 Å². The number of carbonyl (C=O) groups is 1. The molecule has 2 aromatic heterocycles. The van der Waals surface area contributed by atoms with Gasteiger partial charge in [-0.05, 0) is 36.6 Å². The third-order valence-corrected chi connectivity index (χ3v) is 4.39. The normalized spacial score (nSPS) is 13.4. The zero-order chi connectivity index (χ0) is 17.4. The summed E-state index contributed by atoms with van der Waals surface area (Å²) in [6.45, 7) is 0.526. The van der Waals surface area contributed by atoms with E-state index in [0.717, 1.165) is 18.4 Å². The average Bonchev–Trinajstić information content (AvgIpc) is 3.13. The Labute approximate surface area is 142 Å². The van der Waals surface area contributed by atoms with E-state index in [1.54, 1.807) is 29.0 Å². The first kappa shape index (κ1) is 15.2. The van der Waals surface area contributed by atoms with Crippen molar-refractivity contribution in [3.05, 3.63) is 63.7 Å². The van der Waals surface area contributed by atoms with Crippen molar-refractivity contribution in [2.45, 2.75) is 19.4 Å². The number of para-hydroxylation sites is 1. The molecule has 0 spiro atoms. The van der Waals surface area contributed by atoms with Gasteiger partial charge in [0.05, 0.1) is 17.4 Å². The highest BCUT2D eigenvalue weighted by atomic mass is 16.3. The van der Waals surface area contributed by atoms with Gasteiger partial charge in [-0.25, -0.2) is 5.43 Å². The fourth-order valence-electron chi connectivity index (χ4n) is 3.26. The van der Waals surface area contributed by atoms with Crippen LogP contribution in [-0.2, 0) is 13.0 Å². The molecule has 3 heterocycles. The molecule has 1 aliphatic heterocycles. The Morgan fingerprint density at radius 3 is 3.00 bits per heavy atom. The van der Waals surface area contributed by atoms with Crippen LogP contribution in [0.5, 0.6) is 5.75 Å². The Bertz CT molecular complexity index is 1050. The molecule has 0 saturated heterocycles. The van der Waals surface area contributed by atoms with Gasteiger partial charge < -0.3 is 14.7 Å². The molecule has 0 atom stereocenters. The monoisotopic (exact) mass is 336 g/mol. The quantitative estimate of drug-likeness (QED) is 0.502. The van der Waals surface area contributed by atoms with Gasteiger partial charge in [0.2, 0.25) is 0 Å². The number of rotatable bonds is 3. The molecule has 3 aromatic rings. The number of H-pyrrole nitrogens is 1. The highest BCUT2D eigenvalue weighted by Crippen LogP contribution is 2.31. The smallest absolute Gasteiger partial charge is 0.280 e. The van der Waals surface area contributed by atoms with E-state index in [-0.39, 0.29) is 11.3 Å². The Morgan fingerprint density at radius 1 is 1.32 bits per heavy atom. The molecule has 3 N–H and O–H groups in total. The number of hydrogen-bond acceptors (Lipinski definition) is 4. The van der Waals surface area contributed by atoms with Gasteiger partial charge in [0, 0.05) is 18.1 Å². The summed E-state index contributed by atoms with van der Waals surface area (Å²) >= 11 is 0. The van der Waals surface area contributed by atoms with Crippen LogP contribution in [0.2, 0.25) is 0 Å². The standard InChI is InChI=1S/C18H16N4O3/c23-16-13-7-1-4-11-5-3-9-22(15(11)13)18(25)14(16)17(24)21-20-10-12-6-2-8-19-12/h1-2,4,6-8,10,19,23H,3,5,9H2,(H,21,24)/b20-10+. The second kappa shape index (κ2) is 5.94. The van der Waals surface area contributed by atoms with Crippen molar-refractivity contribution < 1.29 is 9.90 Å². The summed E-state index contributed by atoms with van der Waals surface area (Å²) in [5.41, 5.74) is 3.95. The molecule has 0 aliphatic carbocycles. The van der Waals surface area contributed by atoms with Gasteiger partial charge in [-0.2, -0.15) is 5.10 Å². The van der Waals surface area contributed by atoms with Gasteiger partial charge in [0.25, 0.3) is 11.5 Å². The zero-order valence-electron chi connectivity index (χ0n) is 13.3. The van der Waals surface area contributed by atoms with E-state index in [1.165, 1.54) is 6.21 Å². The molecule has 0 saturated carbocycles. The van der Waals surface area contributed by atoms with Crippen LogP contribution >= 0.6 is 0 Å². The number of hydrazone groups is 1. The lowest BCUT2D eigenvalue weighted by atomic mass is 9.99. The predicted molar refractivity (Wildman–Crippen MR) is 94.0 cm³/mol. The maximum Gasteiger partial charge on any atom is 0.280 e. The Hall–Kier alpha value is -3.35. The molecule has 25 heavy (non-hydrogen) atoms. The Morgan fingerprint density at radius 2 is 2.20 bits per heavy atom. The van der Waals surface area contributed by atoms with Gasteiger partial charge in [-0.15, -0.1) is 0 Å². The number of amides is 1. The van der Waals surface area contributed by atoms with Crippen molar-refractivity contribution in [3.8, 4) is 5.75 Å². The molecule has 126 valence electrons. The lowest BCUT2D eigenvalue weighted by Crippen LogP contribution is -2.33. The number of aryl methyl sites for hydroxylation is 2. The van der Waals surface area contributed by atoms with Crippen LogP contribution < -0.4 is 11.0 Å². The molecular weight excluding hydrogens is 320 g/mol. The third-order valence-electron chi connectivity index (χ3n) is 4.39. The van der Waals surface area contributed by atoms with E-state index >= 15 is 0 Å². The van der Waals surface area contributed by atoms with Crippen LogP contribution in [0.15, 0.2) is 46.4 Å².